The van der Waals surface area contributed by atoms with Gasteiger partial charge in [-0.1, -0.05) is 23.8 Å². The molecule has 2 aromatic rings. The van der Waals surface area contributed by atoms with E-state index in [9.17, 15) is 14.7 Å². The summed E-state index contributed by atoms with van der Waals surface area (Å²) in [6.07, 6.45) is -1.52. The molecular weight excluding hydrogens is 262 g/mol. The number of aryl methyl sites for hydroxylation is 1. The summed E-state index contributed by atoms with van der Waals surface area (Å²) < 4.78 is 0. The third-order valence-corrected chi connectivity index (χ3v) is 3.48. The van der Waals surface area contributed by atoms with Crippen molar-refractivity contribution in [2.24, 2.45) is 0 Å². The van der Waals surface area contributed by atoms with Crippen molar-refractivity contribution in [2.75, 3.05) is 0 Å². The topological polar surface area (TPSA) is 66.4 Å². The Morgan fingerprint density at radius 2 is 1.89 bits per heavy atom. The first-order valence-corrected chi connectivity index (χ1v) is 6.59. The number of thiophene rings is 1. The lowest BCUT2D eigenvalue weighted by molar-refractivity contribution is 0.0610. The number of nitrogens with one attached hydrogen (secondary N) is 1. The number of hydrogen-bond donors (Lipinski definition) is 2. The third-order valence-electron chi connectivity index (χ3n) is 2.59. The summed E-state index contributed by atoms with van der Waals surface area (Å²) in [6, 6.07) is 10.2. The third kappa shape index (κ3) is 3.27. The Bertz CT molecular complexity index is 575. The second-order valence-corrected chi connectivity index (χ2v) is 5.03. The molecule has 0 spiro atoms. The summed E-state index contributed by atoms with van der Waals surface area (Å²) in [5.41, 5.74) is 1.44. The van der Waals surface area contributed by atoms with Crippen LogP contribution >= 0.6 is 11.3 Å². The van der Waals surface area contributed by atoms with E-state index in [4.69, 9.17) is 0 Å². The molecule has 19 heavy (non-hydrogen) atoms. The van der Waals surface area contributed by atoms with Crippen LogP contribution in [0, 0.1) is 6.92 Å². The van der Waals surface area contributed by atoms with Gasteiger partial charge in [0.1, 0.15) is 0 Å². The Hall–Kier alpha value is -1.98. The summed E-state index contributed by atoms with van der Waals surface area (Å²) in [4.78, 5) is 24.0. The van der Waals surface area contributed by atoms with E-state index in [1.807, 2.05) is 6.92 Å². The first kappa shape index (κ1) is 13.5. The molecule has 0 bridgehead atoms. The maximum atomic E-state index is 11.8. The van der Waals surface area contributed by atoms with Crippen molar-refractivity contribution in [3.8, 4) is 0 Å². The van der Waals surface area contributed by atoms with Crippen molar-refractivity contribution in [2.45, 2.75) is 13.2 Å². The monoisotopic (exact) mass is 275 g/mol. The molecule has 0 aliphatic carbocycles. The van der Waals surface area contributed by atoms with Gasteiger partial charge in [-0.2, -0.15) is 0 Å². The zero-order chi connectivity index (χ0) is 13.8. The maximum Gasteiger partial charge on any atom is 0.253 e. The number of amides is 1. The molecule has 1 heterocycles. The molecule has 1 aromatic heterocycles. The number of carbonyl (C=O) groups is 2. The van der Waals surface area contributed by atoms with Crippen LogP contribution in [-0.2, 0) is 0 Å². The Kier molecular flexibility index (Phi) is 4.09. The highest BCUT2D eigenvalue weighted by molar-refractivity contribution is 7.12. The summed E-state index contributed by atoms with van der Waals surface area (Å²) in [5.74, 6) is -0.979. The molecule has 1 amide bonds. The first-order valence-electron chi connectivity index (χ1n) is 5.71. The summed E-state index contributed by atoms with van der Waals surface area (Å²) in [5, 5.41) is 13.7. The fourth-order valence-corrected chi connectivity index (χ4v) is 2.22. The van der Waals surface area contributed by atoms with Gasteiger partial charge in [-0.05, 0) is 30.5 Å². The molecule has 4 nitrogen and oxygen atoms in total. The summed E-state index contributed by atoms with van der Waals surface area (Å²) in [6.45, 7) is 1.91. The molecule has 0 saturated heterocycles. The van der Waals surface area contributed by atoms with Crippen molar-refractivity contribution in [3.63, 3.8) is 0 Å². The second kappa shape index (κ2) is 5.77. The minimum absolute atomic E-state index is 0.406. The Morgan fingerprint density at radius 1 is 1.21 bits per heavy atom. The first-order chi connectivity index (χ1) is 9.08. The molecular formula is C14H13NO3S. The van der Waals surface area contributed by atoms with Crippen molar-refractivity contribution >= 4 is 23.0 Å². The van der Waals surface area contributed by atoms with E-state index in [0.717, 1.165) is 5.56 Å². The quantitative estimate of drug-likeness (QED) is 0.662. The van der Waals surface area contributed by atoms with Gasteiger partial charge in [0.2, 0.25) is 5.78 Å². The number of benzene rings is 1. The summed E-state index contributed by atoms with van der Waals surface area (Å²) >= 11 is 1.22. The van der Waals surface area contributed by atoms with Crippen LogP contribution in [-0.4, -0.2) is 23.0 Å². The van der Waals surface area contributed by atoms with Crippen molar-refractivity contribution in [3.05, 3.63) is 57.8 Å². The minimum Gasteiger partial charge on any atom is -0.367 e. The molecule has 98 valence electrons. The molecule has 0 saturated carbocycles. The molecule has 1 aromatic carbocycles. The van der Waals surface area contributed by atoms with E-state index in [-0.39, 0.29) is 0 Å². The fourth-order valence-electron chi connectivity index (χ4n) is 1.53. The lowest BCUT2D eigenvalue weighted by atomic mass is 10.1. The standard InChI is InChI=1S/C14H13NO3S/c1-9-4-6-10(7-5-9)13(17)15-14(18)12(16)11-3-2-8-19-11/h2-8,14,18H,1H3,(H,15,17)/t14-/m0/s1. The van der Waals surface area contributed by atoms with E-state index in [2.05, 4.69) is 5.32 Å². The lowest BCUT2D eigenvalue weighted by Gasteiger charge is -2.11. The fraction of sp³-hybridized carbons (Fsp3) is 0.143. The number of carbonyl (C=O) groups excluding carboxylic acids is 2. The SMILES string of the molecule is Cc1ccc(C(=O)N[C@@H](O)C(=O)c2cccs2)cc1. The van der Waals surface area contributed by atoms with Gasteiger partial charge in [-0.3, -0.25) is 9.59 Å². The zero-order valence-electron chi connectivity index (χ0n) is 10.3. The van der Waals surface area contributed by atoms with E-state index in [0.29, 0.717) is 10.4 Å². The lowest BCUT2D eigenvalue weighted by Crippen LogP contribution is -2.40. The van der Waals surface area contributed by atoms with Crippen molar-refractivity contribution in [1.82, 2.24) is 5.32 Å². The number of aliphatic hydroxyl groups is 1. The van der Waals surface area contributed by atoms with Gasteiger partial charge < -0.3 is 10.4 Å². The number of hydrogen-bond acceptors (Lipinski definition) is 4. The Balaban J connectivity index is 2.02. The minimum atomic E-state index is -1.52. The number of aliphatic hydroxyl groups excluding tert-OH is 1. The summed E-state index contributed by atoms with van der Waals surface area (Å²) in [7, 11) is 0. The average Bonchev–Trinajstić information content (AvgIpc) is 2.92. The molecule has 5 heteroatoms. The van der Waals surface area contributed by atoms with Crippen molar-refractivity contribution < 1.29 is 14.7 Å². The molecule has 2 rings (SSSR count). The van der Waals surface area contributed by atoms with Gasteiger partial charge in [0.25, 0.3) is 5.91 Å². The highest BCUT2D eigenvalue weighted by atomic mass is 32.1. The molecule has 0 radical (unpaired) electrons. The van der Waals surface area contributed by atoms with Gasteiger partial charge in [-0.15, -0.1) is 11.3 Å². The van der Waals surface area contributed by atoms with Crippen LogP contribution < -0.4 is 5.32 Å². The molecule has 2 N–H and O–H groups in total. The van der Waals surface area contributed by atoms with Crippen LogP contribution in [0.4, 0.5) is 0 Å². The largest absolute Gasteiger partial charge is 0.367 e. The van der Waals surface area contributed by atoms with Crippen molar-refractivity contribution in [1.29, 1.82) is 0 Å². The smallest absolute Gasteiger partial charge is 0.253 e. The van der Waals surface area contributed by atoms with Gasteiger partial charge in [0.05, 0.1) is 4.88 Å². The molecule has 0 unspecified atom stereocenters. The van der Waals surface area contributed by atoms with Crippen LogP contribution in [0.5, 0.6) is 0 Å². The highest BCUT2D eigenvalue weighted by Crippen LogP contribution is 2.11. The van der Waals surface area contributed by atoms with E-state index < -0.39 is 17.9 Å². The number of Topliss-reactive ketones (excluding diaryl/α,β-unsaturated/α-hetero) is 1. The predicted octanol–water partition coefficient (Wildman–Crippen LogP) is 1.99. The molecule has 1 atom stereocenters. The zero-order valence-corrected chi connectivity index (χ0v) is 11.1. The number of rotatable bonds is 4. The average molecular weight is 275 g/mol. The van der Waals surface area contributed by atoms with Gasteiger partial charge in [0.15, 0.2) is 6.23 Å². The van der Waals surface area contributed by atoms with E-state index in [1.165, 1.54) is 11.3 Å². The van der Waals surface area contributed by atoms with Crippen LogP contribution in [0.1, 0.15) is 25.6 Å². The molecule has 0 aliphatic heterocycles. The van der Waals surface area contributed by atoms with Gasteiger partial charge >= 0.3 is 0 Å². The number of ketones is 1. The van der Waals surface area contributed by atoms with Gasteiger partial charge in [0, 0.05) is 5.56 Å². The maximum absolute atomic E-state index is 11.8. The van der Waals surface area contributed by atoms with Crippen LogP contribution in [0.15, 0.2) is 41.8 Å². The van der Waals surface area contributed by atoms with E-state index >= 15 is 0 Å². The Morgan fingerprint density at radius 3 is 2.47 bits per heavy atom. The van der Waals surface area contributed by atoms with Crippen LogP contribution in [0.25, 0.3) is 0 Å². The van der Waals surface area contributed by atoms with Crippen LogP contribution in [0.2, 0.25) is 0 Å². The normalized spacial score (nSPS) is 11.9. The van der Waals surface area contributed by atoms with Gasteiger partial charge in [-0.25, -0.2) is 0 Å². The van der Waals surface area contributed by atoms with E-state index in [1.54, 1.807) is 41.8 Å². The highest BCUT2D eigenvalue weighted by Gasteiger charge is 2.20. The predicted molar refractivity (Wildman–Crippen MR) is 73.3 cm³/mol. The van der Waals surface area contributed by atoms with Crippen LogP contribution in [0.3, 0.4) is 0 Å². The molecule has 0 aliphatic rings. The Labute approximate surface area is 114 Å². The second-order valence-electron chi connectivity index (χ2n) is 4.08. The molecule has 0 fully saturated rings.